The molecular weight excluding hydrogens is 355 g/mol. The van der Waals surface area contributed by atoms with Crippen LogP contribution in [0, 0.1) is 19.7 Å². The summed E-state index contributed by atoms with van der Waals surface area (Å²) in [6, 6.07) is 15.0. The summed E-state index contributed by atoms with van der Waals surface area (Å²) < 4.78 is 13.5. The van der Waals surface area contributed by atoms with Gasteiger partial charge in [0, 0.05) is 37.4 Å². The lowest BCUT2D eigenvalue weighted by Crippen LogP contribution is -2.48. The maximum atomic E-state index is 13.5. The predicted molar refractivity (Wildman–Crippen MR) is 108 cm³/mol. The third-order valence-electron chi connectivity index (χ3n) is 5.20. The van der Waals surface area contributed by atoms with Crippen LogP contribution in [0.1, 0.15) is 21.6 Å². The van der Waals surface area contributed by atoms with E-state index < -0.39 is 0 Å². The lowest BCUT2D eigenvalue weighted by Gasteiger charge is -2.36. The average Bonchev–Trinajstić information content (AvgIpc) is 3.20. The first-order valence-corrected chi connectivity index (χ1v) is 9.44. The van der Waals surface area contributed by atoms with Gasteiger partial charge in [0.05, 0.1) is 5.69 Å². The van der Waals surface area contributed by atoms with Gasteiger partial charge in [-0.05, 0) is 61.4 Å². The molecular formula is C22H23FN4O. The van der Waals surface area contributed by atoms with Gasteiger partial charge in [0.1, 0.15) is 11.5 Å². The van der Waals surface area contributed by atoms with Crippen LogP contribution < -0.4 is 4.90 Å². The molecule has 1 saturated heterocycles. The second-order valence-corrected chi connectivity index (χ2v) is 7.25. The minimum Gasteiger partial charge on any atom is -0.368 e. The summed E-state index contributed by atoms with van der Waals surface area (Å²) in [5, 5.41) is 7.08. The molecule has 0 bridgehead atoms. The molecule has 28 heavy (non-hydrogen) atoms. The molecule has 2 heterocycles. The zero-order valence-electron chi connectivity index (χ0n) is 16.1. The van der Waals surface area contributed by atoms with E-state index in [1.165, 1.54) is 17.3 Å². The maximum Gasteiger partial charge on any atom is 0.272 e. The highest BCUT2D eigenvalue weighted by Crippen LogP contribution is 2.22. The second kappa shape index (κ2) is 7.46. The van der Waals surface area contributed by atoms with Crippen LogP contribution in [-0.4, -0.2) is 47.2 Å². The van der Waals surface area contributed by atoms with Crippen LogP contribution >= 0.6 is 0 Å². The number of halogens is 1. The van der Waals surface area contributed by atoms with Gasteiger partial charge in [-0.3, -0.25) is 9.89 Å². The van der Waals surface area contributed by atoms with Crippen molar-refractivity contribution in [2.24, 2.45) is 0 Å². The first kappa shape index (κ1) is 18.2. The molecule has 4 rings (SSSR count). The molecule has 0 atom stereocenters. The number of anilines is 1. The minimum absolute atomic E-state index is 0.0542. The Labute approximate surface area is 163 Å². The average molecular weight is 378 g/mol. The third-order valence-corrected chi connectivity index (χ3v) is 5.20. The Morgan fingerprint density at radius 1 is 1.04 bits per heavy atom. The Morgan fingerprint density at radius 3 is 2.54 bits per heavy atom. The molecule has 1 aliphatic rings. The van der Waals surface area contributed by atoms with Gasteiger partial charge in [-0.15, -0.1) is 0 Å². The van der Waals surface area contributed by atoms with Crippen molar-refractivity contribution in [2.75, 3.05) is 31.1 Å². The molecule has 1 aliphatic heterocycles. The fraction of sp³-hybridized carbons (Fsp3) is 0.273. The van der Waals surface area contributed by atoms with E-state index in [1.807, 2.05) is 4.90 Å². The van der Waals surface area contributed by atoms with Crippen molar-refractivity contribution in [3.05, 3.63) is 71.2 Å². The summed E-state index contributed by atoms with van der Waals surface area (Å²) in [7, 11) is 0. The van der Waals surface area contributed by atoms with Crippen LogP contribution in [-0.2, 0) is 0 Å². The number of aromatic nitrogens is 2. The lowest BCUT2D eigenvalue weighted by atomic mass is 10.1. The zero-order chi connectivity index (χ0) is 19.7. The van der Waals surface area contributed by atoms with Gasteiger partial charge in [-0.25, -0.2) is 4.39 Å². The predicted octanol–water partition coefficient (Wildman–Crippen LogP) is 3.80. The van der Waals surface area contributed by atoms with Crippen LogP contribution in [0.25, 0.3) is 11.3 Å². The van der Waals surface area contributed by atoms with Gasteiger partial charge < -0.3 is 9.80 Å². The van der Waals surface area contributed by atoms with Crippen molar-refractivity contribution in [1.29, 1.82) is 0 Å². The zero-order valence-corrected chi connectivity index (χ0v) is 16.1. The van der Waals surface area contributed by atoms with Crippen molar-refractivity contribution in [2.45, 2.75) is 13.8 Å². The van der Waals surface area contributed by atoms with Crippen molar-refractivity contribution in [1.82, 2.24) is 15.1 Å². The molecule has 5 nitrogen and oxygen atoms in total. The first-order chi connectivity index (χ1) is 13.5. The van der Waals surface area contributed by atoms with E-state index in [0.717, 1.165) is 18.7 Å². The number of rotatable bonds is 3. The standard InChI is InChI=1S/C22H23FN4O/c1-15-4-3-5-18(12-15)26-8-10-27(11-9-26)22(28)21-14-20(24-25-21)17-6-7-19(23)16(2)13-17/h3-7,12-14H,8-11H2,1-2H3,(H,24,25). The Hall–Kier alpha value is -3.15. The Bertz CT molecular complexity index is 1010. The van der Waals surface area contributed by atoms with Crippen molar-refractivity contribution >= 4 is 11.6 Å². The molecule has 1 N–H and O–H groups in total. The molecule has 144 valence electrons. The van der Waals surface area contributed by atoms with Crippen LogP contribution in [0.5, 0.6) is 0 Å². The van der Waals surface area contributed by atoms with Gasteiger partial charge in [-0.2, -0.15) is 5.10 Å². The number of aryl methyl sites for hydroxylation is 2. The lowest BCUT2D eigenvalue weighted by molar-refractivity contribution is 0.0741. The quantitative estimate of drug-likeness (QED) is 0.754. The van der Waals surface area contributed by atoms with Crippen molar-refractivity contribution in [3.8, 4) is 11.3 Å². The number of aromatic amines is 1. The fourth-order valence-corrected chi connectivity index (χ4v) is 3.55. The van der Waals surface area contributed by atoms with Crippen LogP contribution in [0.3, 0.4) is 0 Å². The normalized spacial score (nSPS) is 14.4. The molecule has 3 aromatic rings. The molecule has 0 spiro atoms. The summed E-state index contributed by atoms with van der Waals surface area (Å²) >= 11 is 0. The van der Waals surface area contributed by atoms with E-state index in [-0.39, 0.29) is 11.7 Å². The summed E-state index contributed by atoms with van der Waals surface area (Å²) in [5.74, 6) is -0.302. The number of carbonyl (C=O) groups is 1. The summed E-state index contributed by atoms with van der Waals surface area (Å²) in [5.41, 5.74) is 4.88. The van der Waals surface area contributed by atoms with Crippen molar-refractivity contribution < 1.29 is 9.18 Å². The highest BCUT2D eigenvalue weighted by Gasteiger charge is 2.24. The molecule has 1 amide bonds. The third kappa shape index (κ3) is 3.63. The molecule has 0 saturated carbocycles. The number of H-pyrrole nitrogens is 1. The highest BCUT2D eigenvalue weighted by molar-refractivity contribution is 5.93. The molecule has 1 aromatic heterocycles. The van der Waals surface area contributed by atoms with E-state index in [4.69, 9.17) is 0 Å². The number of hydrogen-bond acceptors (Lipinski definition) is 3. The SMILES string of the molecule is Cc1cccc(N2CCN(C(=O)c3cc(-c4ccc(F)c(C)c4)n[nH]3)CC2)c1. The van der Waals surface area contributed by atoms with Gasteiger partial charge in [0.15, 0.2) is 0 Å². The van der Waals surface area contributed by atoms with Crippen LogP contribution in [0.2, 0.25) is 0 Å². The molecule has 2 aromatic carbocycles. The molecule has 1 fully saturated rings. The number of nitrogens with one attached hydrogen (secondary N) is 1. The highest BCUT2D eigenvalue weighted by atomic mass is 19.1. The summed E-state index contributed by atoms with van der Waals surface area (Å²) in [6.07, 6.45) is 0. The van der Waals surface area contributed by atoms with E-state index in [0.29, 0.717) is 30.0 Å². The first-order valence-electron chi connectivity index (χ1n) is 9.44. The largest absolute Gasteiger partial charge is 0.368 e. The second-order valence-electron chi connectivity index (χ2n) is 7.25. The molecule has 0 unspecified atom stereocenters. The topological polar surface area (TPSA) is 52.2 Å². The number of hydrogen-bond donors (Lipinski definition) is 1. The van der Waals surface area contributed by atoms with E-state index in [9.17, 15) is 9.18 Å². The molecule has 0 aliphatic carbocycles. The van der Waals surface area contributed by atoms with Crippen LogP contribution in [0.15, 0.2) is 48.5 Å². The Balaban J connectivity index is 1.43. The van der Waals surface area contributed by atoms with Crippen molar-refractivity contribution in [3.63, 3.8) is 0 Å². The van der Waals surface area contributed by atoms with E-state index in [2.05, 4.69) is 46.3 Å². The summed E-state index contributed by atoms with van der Waals surface area (Å²) in [6.45, 7) is 6.72. The smallest absolute Gasteiger partial charge is 0.272 e. The Morgan fingerprint density at radius 2 is 1.82 bits per heavy atom. The molecule has 0 radical (unpaired) electrons. The van der Waals surface area contributed by atoms with Crippen LogP contribution in [0.4, 0.5) is 10.1 Å². The summed E-state index contributed by atoms with van der Waals surface area (Å²) in [4.78, 5) is 17.0. The van der Waals surface area contributed by atoms with Gasteiger partial charge in [0.25, 0.3) is 5.91 Å². The number of carbonyl (C=O) groups excluding carboxylic acids is 1. The van der Waals surface area contributed by atoms with Gasteiger partial charge in [0.2, 0.25) is 0 Å². The fourth-order valence-electron chi connectivity index (χ4n) is 3.55. The monoisotopic (exact) mass is 378 g/mol. The van der Waals surface area contributed by atoms with Gasteiger partial charge in [-0.1, -0.05) is 12.1 Å². The van der Waals surface area contributed by atoms with Gasteiger partial charge >= 0.3 is 0 Å². The minimum atomic E-state index is -0.248. The molecule has 6 heteroatoms. The Kier molecular flexibility index (Phi) is 4.86. The number of piperazine rings is 1. The number of amides is 1. The number of benzene rings is 2. The maximum absolute atomic E-state index is 13.5. The van der Waals surface area contributed by atoms with E-state index >= 15 is 0 Å². The van der Waals surface area contributed by atoms with E-state index in [1.54, 1.807) is 25.1 Å². The number of nitrogens with zero attached hydrogens (tertiary/aromatic N) is 3.